The lowest BCUT2D eigenvalue weighted by Gasteiger charge is -2.39. The topological polar surface area (TPSA) is 59.0 Å². The van der Waals surface area contributed by atoms with Crippen molar-refractivity contribution in [2.45, 2.75) is 56.3 Å². The lowest BCUT2D eigenvalue weighted by atomic mass is 9.70. The van der Waals surface area contributed by atoms with Gasteiger partial charge < -0.3 is 19.5 Å². The monoisotopic (exact) mass is 455 g/mol. The number of nitrogens with zero attached hydrogens (tertiary/aromatic N) is 1. The molecule has 31 heavy (non-hydrogen) atoms. The Bertz CT molecular complexity index is 781. The molecule has 1 saturated carbocycles. The van der Waals surface area contributed by atoms with Gasteiger partial charge in [0.2, 0.25) is 5.91 Å². The molecule has 1 spiro atoms. The number of anilines is 1. The number of alkyl halides is 6. The molecular formula is C20H23F6NO4. The van der Waals surface area contributed by atoms with E-state index in [0.29, 0.717) is 18.5 Å². The van der Waals surface area contributed by atoms with E-state index in [2.05, 4.69) is 4.74 Å². The Morgan fingerprint density at radius 2 is 1.81 bits per heavy atom. The quantitative estimate of drug-likeness (QED) is 0.678. The summed E-state index contributed by atoms with van der Waals surface area (Å²) in [5.74, 6) is -0.327. The van der Waals surface area contributed by atoms with E-state index in [9.17, 15) is 36.2 Å². The highest BCUT2D eigenvalue weighted by Crippen LogP contribution is 2.47. The Kier molecular flexibility index (Phi) is 6.60. The number of ether oxygens (including phenoxy) is 2. The first-order valence-corrected chi connectivity index (χ1v) is 9.74. The van der Waals surface area contributed by atoms with Crippen LogP contribution in [0.25, 0.3) is 0 Å². The lowest BCUT2D eigenvalue weighted by molar-refractivity contribution is -0.216. The highest BCUT2D eigenvalue weighted by molar-refractivity contribution is 6.00. The van der Waals surface area contributed by atoms with Crippen molar-refractivity contribution >= 4 is 11.6 Å². The van der Waals surface area contributed by atoms with Gasteiger partial charge in [0.1, 0.15) is 6.61 Å². The summed E-state index contributed by atoms with van der Waals surface area (Å²) in [4.78, 5) is 14.5. The standard InChI is InChI=1S/C20H23F6NO4/c1-30-16(20(24,25)26)12-2-4-13(5-3-12)27-9-8-18(17(27)29)7-6-14(28)15(10-18)31-11-19(21,22)23/h2-5,14-16,28H,6-11H2,1H3. The van der Waals surface area contributed by atoms with Crippen molar-refractivity contribution in [1.29, 1.82) is 0 Å². The first-order valence-electron chi connectivity index (χ1n) is 9.74. The number of carbonyl (C=O) groups is 1. The van der Waals surface area contributed by atoms with Crippen molar-refractivity contribution in [3.63, 3.8) is 0 Å². The van der Waals surface area contributed by atoms with Gasteiger partial charge in [0.25, 0.3) is 0 Å². The third-order valence-electron chi connectivity index (χ3n) is 5.95. The van der Waals surface area contributed by atoms with Crippen LogP contribution in [-0.4, -0.2) is 55.8 Å². The van der Waals surface area contributed by atoms with Crippen LogP contribution in [0.15, 0.2) is 24.3 Å². The average Bonchev–Trinajstić information content (AvgIpc) is 2.98. The van der Waals surface area contributed by atoms with E-state index in [1.165, 1.54) is 29.2 Å². The number of carbonyl (C=O) groups excluding carboxylic acids is 1. The Labute approximate surface area is 174 Å². The Balaban J connectivity index is 1.73. The number of amides is 1. The fourth-order valence-electron chi connectivity index (χ4n) is 4.38. The van der Waals surface area contributed by atoms with Gasteiger partial charge in [0.05, 0.1) is 17.6 Å². The number of hydrogen-bond acceptors (Lipinski definition) is 4. The lowest BCUT2D eigenvalue weighted by Crippen LogP contribution is -2.46. The van der Waals surface area contributed by atoms with Gasteiger partial charge in [0, 0.05) is 19.3 Å². The summed E-state index contributed by atoms with van der Waals surface area (Å²) in [6.07, 6.45) is -12.7. The van der Waals surface area contributed by atoms with E-state index < -0.39 is 42.7 Å². The molecule has 1 N–H and O–H groups in total. The molecule has 11 heteroatoms. The van der Waals surface area contributed by atoms with Gasteiger partial charge in [-0.25, -0.2) is 0 Å². The summed E-state index contributed by atoms with van der Waals surface area (Å²) >= 11 is 0. The van der Waals surface area contributed by atoms with Crippen molar-refractivity contribution in [2.24, 2.45) is 5.41 Å². The van der Waals surface area contributed by atoms with Gasteiger partial charge in [-0.05, 0) is 43.4 Å². The smallest absolute Gasteiger partial charge is 0.390 e. The zero-order valence-corrected chi connectivity index (χ0v) is 16.7. The number of aliphatic hydroxyl groups is 1. The van der Waals surface area contributed by atoms with E-state index in [0.717, 1.165) is 7.11 Å². The molecule has 1 aliphatic heterocycles. The number of methoxy groups -OCH3 is 1. The molecule has 1 aromatic rings. The van der Waals surface area contributed by atoms with Crippen molar-refractivity contribution in [2.75, 3.05) is 25.2 Å². The van der Waals surface area contributed by atoms with Crippen LogP contribution >= 0.6 is 0 Å². The average molecular weight is 455 g/mol. The molecule has 4 unspecified atom stereocenters. The Morgan fingerprint density at radius 3 is 2.35 bits per heavy atom. The number of aliphatic hydroxyl groups excluding tert-OH is 1. The minimum atomic E-state index is -4.59. The molecule has 174 valence electrons. The minimum Gasteiger partial charge on any atom is -0.390 e. The van der Waals surface area contributed by atoms with Crippen molar-refractivity contribution in [3.05, 3.63) is 29.8 Å². The van der Waals surface area contributed by atoms with Crippen LogP contribution in [-0.2, 0) is 14.3 Å². The maximum Gasteiger partial charge on any atom is 0.418 e. The molecule has 1 heterocycles. The number of benzene rings is 1. The second-order valence-electron chi connectivity index (χ2n) is 8.01. The predicted octanol–water partition coefficient (Wildman–Crippen LogP) is 4.15. The van der Waals surface area contributed by atoms with E-state index in [4.69, 9.17) is 4.74 Å². The summed E-state index contributed by atoms with van der Waals surface area (Å²) in [5, 5.41) is 10.0. The zero-order valence-electron chi connectivity index (χ0n) is 16.7. The Hall–Kier alpha value is -1.85. The SMILES string of the molecule is COC(c1ccc(N2CCC3(CCC(O)C(OCC(F)(F)F)C3)C2=O)cc1)C(F)(F)F. The molecular weight excluding hydrogens is 432 g/mol. The summed E-state index contributed by atoms with van der Waals surface area (Å²) in [7, 11) is 0.953. The number of hydrogen-bond donors (Lipinski definition) is 1. The van der Waals surface area contributed by atoms with E-state index in [1.54, 1.807) is 0 Å². The molecule has 3 rings (SSSR count). The minimum absolute atomic E-state index is 0.0442. The van der Waals surface area contributed by atoms with E-state index in [-0.39, 0.29) is 30.9 Å². The number of halogens is 6. The Morgan fingerprint density at radius 1 is 1.16 bits per heavy atom. The molecule has 0 aromatic heterocycles. The van der Waals surface area contributed by atoms with Crippen LogP contribution in [0.4, 0.5) is 32.0 Å². The van der Waals surface area contributed by atoms with Gasteiger partial charge in [-0.15, -0.1) is 0 Å². The highest BCUT2D eigenvalue weighted by atomic mass is 19.4. The second kappa shape index (κ2) is 8.59. The molecule has 5 nitrogen and oxygen atoms in total. The maximum absolute atomic E-state index is 13.1. The fourth-order valence-corrected chi connectivity index (χ4v) is 4.38. The molecule has 4 atom stereocenters. The van der Waals surface area contributed by atoms with Crippen LogP contribution in [0.3, 0.4) is 0 Å². The summed E-state index contributed by atoms with van der Waals surface area (Å²) in [6, 6.07) is 5.24. The van der Waals surface area contributed by atoms with E-state index in [1.807, 2.05) is 0 Å². The molecule has 0 radical (unpaired) electrons. The summed E-state index contributed by atoms with van der Waals surface area (Å²) in [5.41, 5.74) is -0.682. The molecule has 1 amide bonds. The molecule has 0 bridgehead atoms. The van der Waals surface area contributed by atoms with Crippen molar-refractivity contribution in [1.82, 2.24) is 0 Å². The van der Waals surface area contributed by atoms with Gasteiger partial charge in [-0.3, -0.25) is 4.79 Å². The van der Waals surface area contributed by atoms with Crippen LogP contribution in [0, 0.1) is 5.41 Å². The largest absolute Gasteiger partial charge is 0.418 e. The van der Waals surface area contributed by atoms with Crippen LogP contribution in [0.1, 0.15) is 37.4 Å². The van der Waals surface area contributed by atoms with Crippen molar-refractivity contribution in [3.8, 4) is 0 Å². The number of rotatable bonds is 5. The van der Waals surface area contributed by atoms with Gasteiger partial charge in [-0.2, -0.15) is 26.3 Å². The highest BCUT2D eigenvalue weighted by Gasteiger charge is 2.52. The molecule has 2 aliphatic rings. The maximum atomic E-state index is 13.1. The predicted molar refractivity (Wildman–Crippen MR) is 97.3 cm³/mol. The summed E-state index contributed by atoms with van der Waals surface area (Å²) < 4.78 is 85.9. The normalized spacial score (nSPS) is 28.4. The molecule has 1 aliphatic carbocycles. The van der Waals surface area contributed by atoms with Crippen LogP contribution in [0.5, 0.6) is 0 Å². The van der Waals surface area contributed by atoms with Crippen LogP contribution in [0.2, 0.25) is 0 Å². The van der Waals surface area contributed by atoms with E-state index >= 15 is 0 Å². The van der Waals surface area contributed by atoms with Gasteiger partial charge in [-0.1, -0.05) is 12.1 Å². The van der Waals surface area contributed by atoms with Gasteiger partial charge in [0.15, 0.2) is 6.10 Å². The zero-order chi connectivity index (χ0) is 23.0. The third-order valence-corrected chi connectivity index (χ3v) is 5.95. The first-order chi connectivity index (χ1) is 14.4. The fraction of sp³-hybridized carbons (Fsp3) is 0.650. The molecule has 2 fully saturated rings. The van der Waals surface area contributed by atoms with Gasteiger partial charge >= 0.3 is 12.4 Å². The molecule has 1 saturated heterocycles. The second-order valence-corrected chi connectivity index (χ2v) is 8.01. The first kappa shape index (κ1) is 23.8. The summed E-state index contributed by atoms with van der Waals surface area (Å²) in [6.45, 7) is -1.24. The van der Waals surface area contributed by atoms with Crippen LogP contribution < -0.4 is 4.90 Å². The molecule has 1 aromatic carbocycles. The van der Waals surface area contributed by atoms with Crippen molar-refractivity contribution < 1.29 is 45.7 Å². The third kappa shape index (κ3) is 5.15.